The van der Waals surface area contributed by atoms with Gasteiger partial charge in [0.15, 0.2) is 0 Å². The fourth-order valence-electron chi connectivity index (χ4n) is 4.18. The molecular weight excluding hydrogens is 345 g/mol. The van der Waals surface area contributed by atoms with Crippen molar-refractivity contribution in [3.8, 4) is 34.3 Å². The van der Waals surface area contributed by atoms with Gasteiger partial charge in [0, 0.05) is 21.3 Å². The number of rotatable bonds is 1. The van der Waals surface area contributed by atoms with Crippen molar-refractivity contribution >= 4 is 23.1 Å². The normalized spacial score (nSPS) is 15.0. The second-order valence-electron chi connectivity index (χ2n) is 7.00. The predicted molar refractivity (Wildman–Crippen MR) is 112 cm³/mol. The first-order chi connectivity index (χ1) is 15.0. The van der Waals surface area contributed by atoms with Gasteiger partial charge in [-0.2, -0.15) is 0 Å². The molecule has 0 saturated heterocycles. The van der Waals surface area contributed by atoms with Crippen LogP contribution in [0.5, 0.6) is 23.0 Å². The summed E-state index contributed by atoms with van der Waals surface area (Å²) in [7, 11) is 0. The Hall–Kier alpha value is -3.53. The molecule has 0 unspecified atom stereocenters. The summed E-state index contributed by atoms with van der Waals surface area (Å²) in [5, 5.41) is 0. The maximum absolute atomic E-state index is 7.75. The second-order valence-corrected chi connectivity index (χ2v) is 7.00. The molecule has 0 atom stereocenters. The highest BCUT2D eigenvalue weighted by Crippen LogP contribution is 2.38. The third-order valence-corrected chi connectivity index (χ3v) is 5.37. The molecule has 3 heterocycles. The number of hydrogen-bond donors (Lipinski definition) is 0. The highest BCUT2D eigenvalue weighted by molar-refractivity contribution is 6.98. The molecule has 3 aromatic carbocycles. The van der Waals surface area contributed by atoms with Crippen LogP contribution in [0.3, 0.4) is 0 Å². The van der Waals surface area contributed by atoms with Crippen LogP contribution in [0, 0.1) is 6.85 Å². The van der Waals surface area contributed by atoms with Crippen LogP contribution in [0.2, 0.25) is 0 Å². The Labute approximate surface area is 167 Å². The predicted octanol–water partition coefficient (Wildman–Crippen LogP) is 3.78. The lowest BCUT2D eigenvalue weighted by atomic mass is 9.34. The zero-order valence-electron chi connectivity index (χ0n) is 17.8. The first kappa shape index (κ1) is 12.8. The van der Waals surface area contributed by atoms with Crippen LogP contribution in [-0.2, 0) is 0 Å². The van der Waals surface area contributed by atoms with Gasteiger partial charge in [0.05, 0.1) is 5.69 Å². The van der Waals surface area contributed by atoms with E-state index in [1.165, 1.54) is 12.3 Å². The molecule has 2 aliphatic heterocycles. The first-order valence-electron chi connectivity index (χ1n) is 10.7. The van der Waals surface area contributed by atoms with Crippen molar-refractivity contribution in [3.63, 3.8) is 0 Å². The number of fused-ring (bicyclic) bond motifs is 4. The summed E-state index contributed by atoms with van der Waals surface area (Å²) in [5.74, 6) is 3.06. The zero-order valence-corrected chi connectivity index (χ0v) is 14.8. The van der Waals surface area contributed by atoms with Gasteiger partial charge in [-0.15, -0.1) is 0 Å². The third-order valence-electron chi connectivity index (χ3n) is 5.37. The van der Waals surface area contributed by atoms with Crippen LogP contribution in [-0.4, -0.2) is 11.7 Å². The zero-order chi connectivity index (χ0) is 21.2. The highest BCUT2D eigenvalue weighted by Gasteiger charge is 2.40. The first-order valence-corrected chi connectivity index (χ1v) is 9.18. The molecule has 132 valence electrons. The molecule has 0 aliphatic carbocycles. The lowest BCUT2D eigenvalue weighted by molar-refractivity contribution is 0.465. The van der Waals surface area contributed by atoms with Crippen LogP contribution in [0.25, 0.3) is 11.3 Å². The van der Waals surface area contributed by atoms with Crippen LogP contribution < -0.4 is 25.9 Å². The van der Waals surface area contributed by atoms with Gasteiger partial charge >= 0.3 is 0 Å². The third kappa shape index (κ3) is 2.15. The van der Waals surface area contributed by atoms with Gasteiger partial charge in [-0.1, -0.05) is 36.4 Å². The Balaban J connectivity index is 1.59. The van der Waals surface area contributed by atoms with Crippen LogP contribution in [0.1, 0.15) is 9.68 Å². The van der Waals surface area contributed by atoms with Crippen molar-refractivity contribution in [2.45, 2.75) is 6.85 Å². The molecule has 6 rings (SSSR count). The monoisotopic (exact) mass is 364 g/mol. The fraction of sp³-hybridized carbons (Fsp3) is 0.0417. The van der Waals surface area contributed by atoms with E-state index in [0.717, 1.165) is 39.2 Å². The van der Waals surface area contributed by atoms with Crippen LogP contribution in [0.15, 0.2) is 79.0 Å². The Kier molecular flexibility index (Phi) is 2.62. The summed E-state index contributed by atoms with van der Waals surface area (Å²) < 4.78 is 35.8. The number of para-hydroxylation sites is 2. The molecule has 0 saturated carbocycles. The summed E-state index contributed by atoms with van der Waals surface area (Å²) in [6.45, 7) is -2.24. The van der Waals surface area contributed by atoms with Crippen molar-refractivity contribution in [2.24, 2.45) is 0 Å². The largest absolute Gasteiger partial charge is 0.458 e. The average molecular weight is 364 g/mol. The van der Waals surface area contributed by atoms with Gasteiger partial charge in [0.2, 0.25) is 0 Å². The summed E-state index contributed by atoms with van der Waals surface area (Å²) in [5.41, 5.74) is 4.69. The Bertz CT molecular complexity index is 1350. The summed E-state index contributed by atoms with van der Waals surface area (Å²) >= 11 is 0. The summed E-state index contributed by atoms with van der Waals surface area (Å²) in [6.07, 6.45) is 1.54. The van der Waals surface area contributed by atoms with Gasteiger partial charge in [-0.3, -0.25) is 4.98 Å². The van der Waals surface area contributed by atoms with Gasteiger partial charge in [-0.05, 0) is 59.7 Å². The standard InChI is InChI=1S/C24H16BNO2/c1-15-12-13-26-19(14-15)16-6-4-8-18-24(16)28-22-11-5-10-21-23(22)25(18)17-7-2-3-9-20(17)27-21/h2-14H,1H3/i1D3. The van der Waals surface area contributed by atoms with Gasteiger partial charge in [-0.25, -0.2) is 0 Å². The smallest absolute Gasteiger partial charge is 0.260 e. The minimum Gasteiger partial charge on any atom is -0.458 e. The molecule has 0 amide bonds. The minimum absolute atomic E-state index is 0.0364. The molecule has 1 aromatic heterocycles. The highest BCUT2D eigenvalue weighted by atomic mass is 16.5. The van der Waals surface area contributed by atoms with E-state index in [1.54, 1.807) is 6.07 Å². The second kappa shape index (κ2) is 5.73. The van der Waals surface area contributed by atoms with E-state index in [4.69, 9.17) is 13.6 Å². The number of pyridine rings is 1. The van der Waals surface area contributed by atoms with E-state index in [0.29, 0.717) is 11.4 Å². The molecule has 2 aliphatic rings. The lowest BCUT2D eigenvalue weighted by Gasteiger charge is -2.33. The van der Waals surface area contributed by atoms with E-state index in [2.05, 4.69) is 17.1 Å². The maximum atomic E-state index is 7.75. The van der Waals surface area contributed by atoms with E-state index in [9.17, 15) is 0 Å². The molecule has 0 spiro atoms. The van der Waals surface area contributed by atoms with Crippen molar-refractivity contribution in [2.75, 3.05) is 0 Å². The molecule has 0 radical (unpaired) electrons. The van der Waals surface area contributed by atoms with Crippen LogP contribution in [0.4, 0.5) is 0 Å². The molecule has 0 bridgehead atoms. The van der Waals surface area contributed by atoms with Crippen LogP contribution >= 0.6 is 0 Å². The Morgan fingerprint density at radius 2 is 1.61 bits per heavy atom. The van der Waals surface area contributed by atoms with E-state index in [-0.39, 0.29) is 12.3 Å². The fourth-order valence-corrected chi connectivity index (χ4v) is 4.18. The molecule has 28 heavy (non-hydrogen) atoms. The number of nitrogens with zero attached hydrogens (tertiary/aromatic N) is 1. The number of aromatic nitrogens is 1. The van der Waals surface area contributed by atoms with Gasteiger partial charge < -0.3 is 9.47 Å². The van der Waals surface area contributed by atoms with E-state index >= 15 is 0 Å². The minimum atomic E-state index is -2.20. The average Bonchev–Trinajstić information content (AvgIpc) is 2.78. The lowest BCUT2D eigenvalue weighted by Crippen LogP contribution is -2.57. The van der Waals surface area contributed by atoms with Crippen molar-refractivity contribution < 1.29 is 13.6 Å². The van der Waals surface area contributed by atoms with Gasteiger partial charge in [0.25, 0.3) is 6.71 Å². The van der Waals surface area contributed by atoms with E-state index < -0.39 is 6.85 Å². The van der Waals surface area contributed by atoms with Crippen molar-refractivity contribution in [1.82, 2.24) is 4.98 Å². The molecule has 0 fully saturated rings. The van der Waals surface area contributed by atoms with Gasteiger partial charge in [0.1, 0.15) is 23.0 Å². The molecular formula is C24H16BNO2. The quantitative estimate of drug-likeness (QED) is 0.416. The number of hydrogen-bond acceptors (Lipinski definition) is 3. The molecule has 0 N–H and O–H groups in total. The molecule has 4 aromatic rings. The summed E-state index contributed by atoms with van der Waals surface area (Å²) in [4.78, 5) is 4.46. The van der Waals surface area contributed by atoms with E-state index in [1.807, 2.05) is 48.5 Å². The Morgan fingerprint density at radius 3 is 2.54 bits per heavy atom. The maximum Gasteiger partial charge on any atom is 0.260 e. The number of aryl methyl sites for hydroxylation is 1. The Morgan fingerprint density at radius 1 is 0.821 bits per heavy atom. The number of ether oxygens (including phenoxy) is 2. The molecule has 4 heteroatoms. The number of benzene rings is 3. The van der Waals surface area contributed by atoms with Crippen molar-refractivity contribution in [1.29, 1.82) is 0 Å². The SMILES string of the molecule is [2H]C([2H])([2H])c1ccnc(-c2cccc3c2Oc2cccc4c2B3c2ccccc2O4)c1. The topological polar surface area (TPSA) is 31.4 Å². The summed E-state index contributed by atoms with van der Waals surface area (Å²) in [6, 6.07) is 22.9. The van der Waals surface area contributed by atoms with Crippen molar-refractivity contribution in [3.05, 3.63) is 84.6 Å². The molecule has 3 nitrogen and oxygen atoms in total.